The zero-order chi connectivity index (χ0) is 15.5. The summed E-state index contributed by atoms with van der Waals surface area (Å²) >= 11 is 0. The normalized spacial score (nSPS) is 11.8. The highest BCUT2D eigenvalue weighted by atomic mass is 16.5. The third-order valence-corrected chi connectivity index (χ3v) is 3.30. The number of para-hydroxylation sites is 1. The highest BCUT2D eigenvalue weighted by molar-refractivity contribution is 6.35. The van der Waals surface area contributed by atoms with Crippen LogP contribution < -0.4 is 5.43 Å². The van der Waals surface area contributed by atoms with Crippen molar-refractivity contribution in [2.75, 3.05) is 12.0 Å². The van der Waals surface area contributed by atoms with Gasteiger partial charge in [-0.25, -0.2) is 4.79 Å². The van der Waals surface area contributed by atoms with Crippen molar-refractivity contribution in [3.63, 3.8) is 0 Å². The van der Waals surface area contributed by atoms with E-state index in [9.17, 15) is 4.79 Å². The Morgan fingerprint density at radius 2 is 1.95 bits per heavy atom. The summed E-state index contributed by atoms with van der Waals surface area (Å²) in [6.07, 6.45) is 0. The predicted molar refractivity (Wildman–Crippen MR) is 87.1 cm³/mol. The first-order valence-corrected chi connectivity index (χ1v) is 7.07. The molecule has 0 unspecified atom stereocenters. The summed E-state index contributed by atoms with van der Waals surface area (Å²) in [6, 6.07) is 13.5. The van der Waals surface area contributed by atoms with Gasteiger partial charge in [0.15, 0.2) is 0 Å². The standard InChI is InChI=1S/C17H16N2O3/c1-3-21-17(20)11(2)18-19-12-8-9-16-14(10-12)13-6-4-5-7-15(13)22-16/h4-10,19H,3H2,1-2H3/b18-11+. The molecule has 1 heterocycles. The fourth-order valence-electron chi connectivity index (χ4n) is 2.23. The van der Waals surface area contributed by atoms with E-state index in [0.29, 0.717) is 6.61 Å². The number of carbonyl (C=O) groups is 1. The minimum atomic E-state index is -0.426. The quantitative estimate of drug-likeness (QED) is 0.450. The SMILES string of the molecule is CCOC(=O)/C(C)=N/Nc1ccc2oc3ccccc3c2c1. The lowest BCUT2D eigenvalue weighted by atomic mass is 10.1. The summed E-state index contributed by atoms with van der Waals surface area (Å²) in [7, 11) is 0. The molecule has 5 heteroatoms. The molecule has 0 aliphatic rings. The van der Waals surface area contributed by atoms with E-state index in [0.717, 1.165) is 27.6 Å². The molecule has 1 aromatic heterocycles. The average Bonchev–Trinajstić information content (AvgIpc) is 2.90. The monoisotopic (exact) mass is 296 g/mol. The number of hydrazone groups is 1. The Labute approximate surface area is 127 Å². The topological polar surface area (TPSA) is 63.8 Å². The van der Waals surface area contributed by atoms with Gasteiger partial charge < -0.3 is 9.15 Å². The summed E-state index contributed by atoms with van der Waals surface area (Å²) in [5, 5.41) is 6.10. The molecule has 0 aliphatic carbocycles. The third kappa shape index (κ3) is 2.65. The highest BCUT2D eigenvalue weighted by Crippen LogP contribution is 2.30. The molecule has 0 fully saturated rings. The fourth-order valence-corrected chi connectivity index (χ4v) is 2.23. The van der Waals surface area contributed by atoms with Gasteiger partial charge in [0.1, 0.15) is 16.9 Å². The van der Waals surface area contributed by atoms with Crippen molar-refractivity contribution in [3.05, 3.63) is 42.5 Å². The average molecular weight is 296 g/mol. The number of esters is 1. The zero-order valence-corrected chi connectivity index (χ0v) is 12.4. The van der Waals surface area contributed by atoms with Crippen molar-refractivity contribution in [1.82, 2.24) is 0 Å². The van der Waals surface area contributed by atoms with Gasteiger partial charge in [0.2, 0.25) is 0 Å². The number of hydrogen-bond donors (Lipinski definition) is 1. The van der Waals surface area contributed by atoms with Gasteiger partial charge in [-0.15, -0.1) is 0 Å². The molecule has 0 aliphatic heterocycles. The fraction of sp³-hybridized carbons (Fsp3) is 0.176. The molecular weight excluding hydrogens is 280 g/mol. The molecular formula is C17H16N2O3. The van der Waals surface area contributed by atoms with Crippen LogP contribution in [0.2, 0.25) is 0 Å². The Morgan fingerprint density at radius 1 is 1.18 bits per heavy atom. The van der Waals surface area contributed by atoms with E-state index < -0.39 is 5.97 Å². The van der Waals surface area contributed by atoms with Crippen LogP contribution in [0.3, 0.4) is 0 Å². The Kier molecular flexibility index (Phi) is 3.78. The van der Waals surface area contributed by atoms with E-state index in [1.807, 2.05) is 42.5 Å². The highest BCUT2D eigenvalue weighted by Gasteiger charge is 2.08. The van der Waals surface area contributed by atoms with E-state index in [1.54, 1.807) is 13.8 Å². The third-order valence-electron chi connectivity index (χ3n) is 3.30. The van der Waals surface area contributed by atoms with E-state index in [1.165, 1.54) is 0 Å². The molecule has 0 saturated carbocycles. The first-order chi connectivity index (χ1) is 10.7. The molecule has 112 valence electrons. The first-order valence-electron chi connectivity index (χ1n) is 7.07. The Hall–Kier alpha value is -2.82. The van der Waals surface area contributed by atoms with E-state index >= 15 is 0 Å². The molecule has 0 atom stereocenters. The lowest BCUT2D eigenvalue weighted by Crippen LogP contribution is -2.15. The molecule has 0 spiro atoms. The maximum absolute atomic E-state index is 11.5. The largest absolute Gasteiger partial charge is 0.461 e. The number of carbonyl (C=O) groups excluding carboxylic acids is 1. The number of furan rings is 1. The van der Waals surface area contributed by atoms with Crippen molar-refractivity contribution < 1.29 is 13.9 Å². The van der Waals surface area contributed by atoms with Crippen LogP contribution in [0.15, 0.2) is 52.0 Å². The van der Waals surface area contributed by atoms with Crippen LogP contribution in [0.4, 0.5) is 5.69 Å². The molecule has 5 nitrogen and oxygen atoms in total. The number of nitrogens with one attached hydrogen (secondary N) is 1. The molecule has 0 amide bonds. The molecule has 3 aromatic rings. The van der Waals surface area contributed by atoms with Crippen LogP contribution in [0.25, 0.3) is 21.9 Å². The summed E-state index contributed by atoms with van der Waals surface area (Å²) in [6.45, 7) is 3.70. The Balaban J connectivity index is 1.90. The number of fused-ring (bicyclic) bond motifs is 3. The molecule has 0 radical (unpaired) electrons. The van der Waals surface area contributed by atoms with Crippen molar-refractivity contribution in [2.24, 2.45) is 5.10 Å². The van der Waals surface area contributed by atoms with Gasteiger partial charge in [-0.1, -0.05) is 18.2 Å². The van der Waals surface area contributed by atoms with Gasteiger partial charge in [0, 0.05) is 10.8 Å². The second kappa shape index (κ2) is 5.89. The number of anilines is 1. The molecule has 3 rings (SSSR count). The van der Waals surface area contributed by atoms with Crippen LogP contribution in [0.1, 0.15) is 13.8 Å². The van der Waals surface area contributed by atoms with Gasteiger partial charge >= 0.3 is 5.97 Å². The first kappa shape index (κ1) is 14.1. The van der Waals surface area contributed by atoms with Crippen molar-refractivity contribution in [2.45, 2.75) is 13.8 Å². The van der Waals surface area contributed by atoms with Gasteiger partial charge in [0.25, 0.3) is 0 Å². The van der Waals surface area contributed by atoms with Gasteiger partial charge in [-0.3, -0.25) is 5.43 Å². The summed E-state index contributed by atoms with van der Waals surface area (Å²) < 4.78 is 10.6. The van der Waals surface area contributed by atoms with Gasteiger partial charge in [-0.05, 0) is 38.1 Å². The van der Waals surface area contributed by atoms with Crippen molar-refractivity contribution >= 4 is 39.3 Å². The van der Waals surface area contributed by atoms with Gasteiger partial charge in [0.05, 0.1) is 12.3 Å². The van der Waals surface area contributed by atoms with E-state index in [-0.39, 0.29) is 5.71 Å². The summed E-state index contributed by atoms with van der Waals surface area (Å²) in [5.41, 5.74) is 5.60. The molecule has 2 aromatic carbocycles. The zero-order valence-electron chi connectivity index (χ0n) is 12.4. The minimum absolute atomic E-state index is 0.277. The minimum Gasteiger partial charge on any atom is -0.461 e. The van der Waals surface area contributed by atoms with E-state index in [2.05, 4.69) is 10.5 Å². The number of rotatable bonds is 4. The molecule has 1 N–H and O–H groups in total. The number of benzene rings is 2. The lowest BCUT2D eigenvalue weighted by molar-refractivity contribution is -0.135. The van der Waals surface area contributed by atoms with Crippen LogP contribution in [-0.4, -0.2) is 18.3 Å². The lowest BCUT2D eigenvalue weighted by Gasteiger charge is -2.03. The maximum atomic E-state index is 11.5. The maximum Gasteiger partial charge on any atom is 0.354 e. The molecule has 0 bridgehead atoms. The van der Waals surface area contributed by atoms with Crippen LogP contribution in [-0.2, 0) is 9.53 Å². The second-order valence-electron chi connectivity index (χ2n) is 4.84. The van der Waals surface area contributed by atoms with Crippen LogP contribution in [0.5, 0.6) is 0 Å². The second-order valence-corrected chi connectivity index (χ2v) is 4.84. The predicted octanol–water partition coefficient (Wildman–Crippen LogP) is 3.94. The van der Waals surface area contributed by atoms with Gasteiger partial charge in [-0.2, -0.15) is 5.10 Å². The molecule has 22 heavy (non-hydrogen) atoms. The summed E-state index contributed by atoms with van der Waals surface area (Å²) in [5.74, 6) is -0.426. The smallest absolute Gasteiger partial charge is 0.354 e. The number of ether oxygens (including phenoxy) is 1. The summed E-state index contributed by atoms with van der Waals surface area (Å²) in [4.78, 5) is 11.5. The molecule has 0 saturated heterocycles. The number of nitrogens with zero attached hydrogens (tertiary/aromatic N) is 1. The van der Waals surface area contributed by atoms with Crippen LogP contribution >= 0.6 is 0 Å². The van der Waals surface area contributed by atoms with Crippen LogP contribution in [0, 0.1) is 0 Å². The Bertz CT molecular complexity index is 865. The van der Waals surface area contributed by atoms with Crippen molar-refractivity contribution in [1.29, 1.82) is 0 Å². The van der Waals surface area contributed by atoms with Crippen molar-refractivity contribution in [3.8, 4) is 0 Å². The number of hydrogen-bond acceptors (Lipinski definition) is 5. The Morgan fingerprint density at radius 3 is 2.77 bits per heavy atom. The van der Waals surface area contributed by atoms with E-state index in [4.69, 9.17) is 9.15 Å².